The zero-order valence-corrected chi connectivity index (χ0v) is 13.4. The molecule has 0 saturated carbocycles. The molecule has 7 heteroatoms. The Morgan fingerprint density at radius 3 is 2.10 bits per heavy atom. The minimum Gasteiger partial charge on any atom is -0.459 e. The lowest BCUT2D eigenvalue weighted by Crippen LogP contribution is -2.37. The zero-order valence-electron chi connectivity index (χ0n) is 12.7. The van der Waals surface area contributed by atoms with Gasteiger partial charge in [0.05, 0.1) is 18.6 Å². The molecule has 0 heterocycles. The van der Waals surface area contributed by atoms with Gasteiger partial charge in [-0.05, 0) is 34.6 Å². The van der Waals surface area contributed by atoms with Crippen LogP contribution in [0.1, 0.15) is 34.6 Å². The molecule has 0 aromatic carbocycles. The summed E-state index contributed by atoms with van der Waals surface area (Å²) in [7, 11) is 0. The highest BCUT2D eigenvalue weighted by Gasteiger charge is 2.32. The van der Waals surface area contributed by atoms with Crippen molar-refractivity contribution in [1.82, 2.24) is 0 Å². The Morgan fingerprint density at radius 2 is 1.60 bits per heavy atom. The number of hydrogen-bond donors (Lipinski definition) is 0. The van der Waals surface area contributed by atoms with Crippen molar-refractivity contribution >= 4 is 23.7 Å². The van der Waals surface area contributed by atoms with E-state index in [2.05, 4.69) is 9.47 Å². The van der Waals surface area contributed by atoms with Crippen LogP contribution in [-0.2, 0) is 23.7 Å². The highest BCUT2D eigenvalue weighted by molar-refractivity contribution is 6.17. The van der Waals surface area contributed by atoms with Gasteiger partial charge in [0, 0.05) is 0 Å². The molecule has 0 atom stereocenters. The molecular formula is C13H23ClO6. The van der Waals surface area contributed by atoms with Crippen molar-refractivity contribution < 1.29 is 28.5 Å². The largest absolute Gasteiger partial charge is 0.509 e. The van der Waals surface area contributed by atoms with Crippen LogP contribution in [0.25, 0.3) is 0 Å². The summed E-state index contributed by atoms with van der Waals surface area (Å²) in [5, 5.41) is 0. The maximum absolute atomic E-state index is 11.9. The molecule has 0 fully saturated rings. The summed E-state index contributed by atoms with van der Waals surface area (Å²) in [6.07, 6.45) is -0.852. The fraction of sp³-hybridized carbons (Fsp3) is 0.846. The molecule has 0 saturated heterocycles. The monoisotopic (exact) mass is 310 g/mol. The molecule has 0 spiro atoms. The van der Waals surface area contributed by atoms with E-state index in [1.807, 2.05) is 0 Å². The molecule has 118 valence electrons. The van der Waals surface area contributed by atoms with Crippen LogP contribution in [0.4, 0.5) is 4.79 Å². The van der Waals surface area contributed by atoms with Gasteiger partial charge in [0.15, 0.2) is 6.07 Å². The van der Waals surface area contributed by atoms with E-state index in [0.29, 0.717) is 0 Å². The summed E-state index contributed by atoms with van der Waals surface area (Å²) >= 11 is 5.18. The van der Waals surface area contributed by atoms with Crippen molar-refractivity contribution in [3.05, 3.63) is 0 Å². The molecule has 20 heavy (non-hydrogen) atoms. The smallest absolute Gasteiger partial charge is 0.459 e. The first-order valence-corrected chi connectivity index (χ1v) is 6.78. The normalized spacial score (nSPS) is 11.9. The van der Waals surface area contributed by atoms with Crippen molar-refractivity contribution in [1.29, 1.82) is 0 Å². The van der Waals surface area contributed by atoms with E-state index in [-0.39, 0.29) is 31.9 Å². The molecule has 0 amide bonds. The van der Waals surface area contributed by atoms with Gasteiger partial charge in [-0.15, -0.1) is 0 Å². The first-order valence-electron chi connectivity index (χ1n) is 6.25. The second-order valence-corrected chi connectivity index (χ2v) is 6.01. The predicted molar refractivity (Wildman–Crippen MR) is 73.6 cm³/mol. The fourth-order valence-corrected chi connectivity index (χ4v) is 1.16. The lowest BCUT2D eigenvalue weighted by atomic mass is 9.95. The molecule has 0 unspecified atom stereocenters. The summed E-state index contributed by atoms with van der Waals surface area (Å²) in [6, 6.07) is -0.259. The maximum Gasteiger partial charge on any atom is 0.509 e. The van der Waals surface area contributed by atoms with Crippen LogP contribution in [0.15, 0.2) is 0 Å². The minimum absolute atomic E-state index is 0.0279. The van der Waals surface area contributed by atoms with Crippen molar-refractivity contribution in [3.63, 3.8) is 0 Å². The Hall–Kier alpha value is -1.01. The summed E-state index contributed by atoms with van der Waals surface area (Å²) in [5.41, 5.74) is -1.31. The second kappa shape index (κ2) is 8.32. The molecule has 0 N–H and O–H groups in total. The summed E-state index contributed by atoms with van der Waals surface area (Å²) < 4.78 is 19.6. The SMILES string of the molecule is CC(C)(C)OC(=O)C(C)(C)COCCOC(=O)OCCl. The van der Waals surface area contributed by atoms with E-state index in [1.165, 1.54) is 0 Å². The molecule has 0 aliphatic carbocycles. The average molecular weight is 311 g/mol. The van der Waals surface area contributed by atoms with Crippen LogP contribution in [0, 0.1) is 5.41 Å². The molecule has 0 aromatic rings. The molecule has 0 aliphatic rings. The summed E-state index contributed by atoms with van der Waals surface area (Å²) in [4.78, 5) is 22.7. The standard InChI is InChI=1S/C13H23ClO6/c1-12(2,3)20-10(15)13(4,5)8-17-6-7-18-11(16)19-9-14/h6-9H2,1-5H3. The Balaban J connectivity index is 3.93. The highest BCUT2D eigenvalue weighted by Crippen LogP contribution is 2.21. The Kier molecular flexibility index (Phi) is 7.90. The summed E-state index contributed by atoms with van der Waals surface area (Å²) in [5.74, 6) is -0.340. The molecule has 0 aliphatic heterocycles. The first-order chi connectivity index (χ1) is 9.08. The second-order valence-electron chi connectivity index (χ2n) is 5.79. The lowest BCUT2D eigenvalue weighted by Gasteiger charge is -2.28. The van der Waals surface area contributed by atoms with Gasteiger partial charge in [0.25, 0.3) is 0 Å². The number of ether oxygens (including phenoxy) is 4. The van der Waals surface area contributed by atoms with Gasteiger partial charge in [-0.25, -0.2) is 4.79 Å². The first kappa shape index (κ1) is 19.0. The van der Waals surface area contributed by atoms with Crippen LogP contribution in [0.5, 0.6) is 0 Å². The molecule has 0 aromatic heterocycles. The van der Waals surface area contributed by atoms with Gasteiger partial charge in [-0.2, -0.15) is 0 Å². The molecular weight excluding hydrogens is 288 g/mol. The third-order valence-electron chi connectivity index (χ3n) is 2.03. The van der Waals surface area contributed by atoms with Crippen LogP contribution < -0.4 is 0 Å². The summed E-state index contributed by atoms with van der Waals surface area (Å²) in [6.45, 7) is 9.21. The fourth-order valence-electron chi connectivity index (χ4n) is 1.07. The van der Waals surface area contributed by atoms with E-state index in [0.717, 1.165) is 0 Å². The van der Waals surface area contributed by atoms with E-state index >= 15 is 0 Å². The Bertz CT molecular complexity index is 321. The van der Waals surface area contributed by atoms with E-state index in [9.17, 15) is 9.59 Å². The van der Waals surface area contributed by atoms with Crippen molar-refractivity contribution in [3.8, 4) is 0 Å². The average Bonchev–Trinajstić information content (AvgIpc) is 2.26. The van der Waals surface area contributed by atoms with Crippen LogP contribution in [0.2, 0.25) is 0 Å². The number of rotatable bonds is 7. The molecule has 0 bridgehead atoms. The molecule has 0 radical (unpaired) electrons. The third kappa shape index (κ3) is 8.98. The minimum atomic E-state index is -0.852. The number of alkyl halides is 1. The lowest BCUT2D eigenvalue weighted by molar-refractivity contribution is -0.169. The van der Waals surface area contributed by atoms with Crippen LogP contribution in [0.3, 0.4) is 0 Å². The van der Waals surface area contributed by atoms with E-state index < -0.39 is 17.2 Å². The topological polar surface area (TPSA) is 71.1 Å². The molecule has 6 nitrogen and oxygen atoms in total. The van der Waals surface area contributed by atoms with Gasteiger partial charge in [0.2, 0.25) is 0 Å². The number of esters is 1. The van der Waals surface area contributed by atoms with Gasteiger partial charge < -0.3 is 18.9 Å². The quantitative estimate of drug-likeness (QED) is 0.409. The highest BCUT2D eigenvalue weighted by atomic mass is 35.5. The van der Waals surface area contributed by atoms with Crippen molar-refractivity contribution in [2.45, 2.75) is 40.2 Å². The van der Waals surface area contributed by atoms with Crippen LogP contribution >= 0.6 is 11.6 Å². The number of carbonyl (C=O) groups excluding carboxylic acids is 2. The van der Waals surface area contributed by atoms with Crippen LogP contribution in [-0.4, -0.2) is 43.6 Å². The zero-order chi connectivity index (χ0) is 15.8. The molecule has 0 rings (SSSR count). The van der Waals surface area contributed by atoms with Gasteiger partial charge in [0.1, 0.15) is 12.2 Å². The van der Waals surface area contributed by atoms with Crippen molar-refractivity contribution in [2.75, 3.05) is 25.9 Å². The predicted octanol–water partition coefficient (Wildman–Crippen LogP) is 2.72. The Labute approximate surface area is 124 Å². The van der Waals surface area contributed by atoms with Gasteiger partial charge >= 0.3 is 12.1 Å². The number of carbonyl (C=O) groups is 2. The van der Waals surface area contributed by atoms with Gasteiger partial charge in [-0.3, -0.25) is 4.79 Å². The number of hydrogen-bond acceptors (Lipinski definition) is 6. The van der Waals surface area contributed by atoms with E-state index in [4.69, 9.17) is 21.1 Å². The van der Waals surface area contributed by atoms with Gasteiger partial charge in [-0.1, -0.05) is 11.6 Å². The Morgan fingerprint density at radius 1 is 1.00 bits per heavy atom. The van der Waals surface area contributed by atoms with E-state index in [1.54, 1.807) is 34.6 Å². The number of halogens is 1. The third-order valence-corrected chi connectivity index (χ3v) is 2.14. The van der Waals surface area contributed by atoms with Crippen molar-refractivity contribution in [2.24, 2.45) is 5.41 Å². The maximum atomic E-state index is 11.9.